The zero-order chi connectivity index (χ0) is 20.6. The lowest BCUT2D eigenvalue weighted by Crippen LogP contribution is -2.12. The summed E-state index contributed by atoms with van der Waals surface area (Å²) in [5, 5.41) is 7.10. The van der Waals surface area contributed by atoms with Gasteiger partial charge in [0.1, 0.15) is 5.75 Å². The van der Waals surface area contributed by atoms with Crippen LogP contribution in [0.1, 0.15) is 29.4 Å². The Morgan fingerprint density at radius 3 is 2.55 bits per heavy atom. The number of benzene rings is 2. The van der Waals surface area contributed by atoms with Gasteiger partial charge in [-0.2, -0.15) is 5.10 Å². The van der Waals surface area contributed by atoms with Gasteiger partial charge in [-0.25, -0.2) is 9.48 Å². The summed E-state index contributed by atoms with van der Waals surface area (Å²) in [6.45, 7) is 2.05. The molecule has 3 aromatic rings. The zero-order valence-corrected chi connectivity index (χ0v) is 16.4. The Hall–Kier alpha value is -3.61. The van der Waals surface area contributed by atoms with E-state index in [1.807, 2.05) is 36.4 Å². The molecular formula is C22H23N3O4. The van der Waals surface area contributed by atoms with Crippen molar-refractivity contribution in [2.75, 3.05) is 19.0 Å². The van der Waals surface area contributed by atoms with E-state index in [4.69, 9.17) is 9.47 Å². The van der Waals surface area contributed by atoms with Gasteiger partial charge in [-0.05, 0) is 55.3 Å². The number of aromatic nitrogens is 2. The van der Waals surface area contributed by atoms with Crippen molar-refractivity contribution in [3.8, 4) is 11.4 Å². The van der Waals surface area contributed by atoms with Crippen LogP contribution in [0.4, 0.5) is 5.69 Å². The molecule has 0 atom stereocenters. The van der Waals surface area contributed by atoms with Crippen molar-refractivity contribution in [1.29, 1.82) is 0 Å². The Morgan fingerprint density at radius 1 is 1.07 bits per heavy atom. The molecule has 0 aliphatic rings. The van der Waals surface area contributed by atoms with Crippen LogP contribution in [0.3, 0.4) is 0 Å². The molecule has 0 unspecified atom stereocenters. The lowest BCUT2D eigenvalue weighted by atomic mass is 10.1. The number of ether oxygens (including phenoxy) is 2. The number of aryl methyl sites for hydroxylation is 1. The SMILES string of the molecule is CCOC(=O)c1ccn(-c2ccc(NC(=O)CCc3ccccc3OC)cc2)n1. The summed E-state index contributed by atoms with van der Waals surface area (Å²) in [5.41, 5.74) is 2.71. The maximum Gasteiger partial charge on any atom is 0.358 e. The number of rotatable bonds is 8. The molecule has 0 aliphatic carbocycles. The first kappa shape index (κ1) is 20.1. The molecule has 0 spiro atoms. The summed E-state index contributed by atoms with van der Waals surface area (Å²) in [4.78, 5) is 24.0. The van der Waals surface area contributed by atoms with Crippen molar-refractivity contribution in [3.05, 3.63) is 72.1 Å². The van der Waals surface area contributed by atoms with E-state index in [2.05, 4.69) is 10.4 Å². The molecule has 0 saturated carbocycles. The van der Waals surface area contributed by atoms with Crippen molar-refractivity contribution in [2.45, 2.75) is 19.8 Å². The van der Waals surface area contributed by atoms with Crippen molar-refractivity contribution in [2.24, 2.45) is 0 Å². The molecule has 0 saturated heterocycles. The summed E-state index contributed by atoms with van der Waals surface area (Å²) in [5.74, 6) is 0.253. The van der Waals surface area contributed by atoms with E-state index in [0.717, 1.165) is 17.0 Å². The second kappa shape index (κ2) is 9.54. The zero-order valence-electron chi connectivity index (χ0n) is 16.4. The Bertz CT molecular complexity index is 980. The fourth-order valence-electron chi connectivity index (χ4n) is 2.86. The molecule has 0 radical (unpaired) electrons. The van der Waals surface area contributed by atoms with E-state index in [1.165, 1.54) is 0 Å². The van der Waals surface area contributed by atoms with Crippen molar-refractivity contribution >= 4 is 17.6 Å². The number of nitrogens with zero attached hydrogens (tertiary/aromatic N) is 2. The van der Waals surface area contributed by atoms with Crippen LogP contribution in [0.25, 0.3) is 5.69 Å². The predicted molar refractivity (Wildman–Crippen MR) is 109 cm³/mol. The van der Waals surface area contributed by atoms with Crippen LogP contribution in [0.2, 0.25) is 0 Å². The highest BCUT2D eigenvalue weighted by atomic mass is 16.5. The lowest BCUT2D eigenvalue weighted by Gasteiger charge is -2.09. The van der Waals surface area contributed by atoms with Gasteiger partial charge >= 0.3 is 5.97 Å². The Balaban J connectivity index is 1.57. The number of para-hydroxylation sites is 1. The van der Waals surface area contributed by atoms with Gasteiger partial charge in [-0.1, -0.05) is 18.2 Å². The number of amides is 1. The molecule has 0 aliphatic heterocycles. The number of anilines is 1. The minimum atomic E-state index is -0.454. The quantitative estimate of drug-likeness (QED) is 0.591. The number of carbonyl (C=O) groups is 2. The van der Waals surface area contributed by atoms with Gasteiger partial charge in [0.05, 0.1) is 19.4 Å². The minimum Gasteiger partial charge on any atom is -0.496 e. The molecule has 150 valence electrons. The highest BCUT2D eigenvalue weighted by Crippen LogP contribution is 2.19. The van der Waals surface area contributed by atoms with E-state index in [9.17, 15) is 9.59 Å². The number of hydrogen-bond acceptors (Lipinski definition) is 5. The molecule has 2 aromatic carbocycles. The third-order valence-corrected chi connectivity index (χ3v) is 4.30. The molecule has 7 nitrogen and oxygen atoms in total. The van der Waals surface area contributed by atoms with Gasteiger partial charge in [-0.15, -0.1) is 0 Å². The second-order valence-electron chi connectivity index (χ2n) is 6.27. The van der Waals surface area contributed by atoms with Crippen molar-refractivity contribution < 1.29 is 19.1 Å². The molecule has 29 heavy (non-hydrogen) atoms. The minimum absolute atomic E-state index is 0.0765. The van der Waals surface area contributed by atoms with Crippen LogP contribution in [0, 0.1) is 0 Å². The van der Waals surface area contributed by atoms with E-state index in [0.29, 0.717) is 25.1 Å². The predicted octanol–water partition coefficient (Wildman–Crippen LogP) is 3.63. The molecule has 0 fully saturated rings. The van der Waals surface area contributed by atoms with Crippen LogP contribution in [0.15, 0.2) is 60.8 Å². The van der Waals surface area contributed by atoms with Crippen LogP contribution >= 0.6 is 0 Å². The second-order valence-corrected chi connectivity index (χ2v) is 6.27. The highest BCUT2D eigenvalue weighted by Gasteiger charge is 2.11. The van der Waals surface area contributed by atoms with Crippen molar-refractivity contribution in [3.63, 3.8) is 0 Å². The standard InChI is InChI=1S/C22H23N3O4/c1-3-29-22(27)19-14-15-25(24-19)18-11-9-17(10-12-18)23-21(26)13-8-16-6-4-5-7-20(16)28-2/h4-7,9-12,14-15H,3,8,13H2,1-2H3,(H,23,26). The number of esters is 1. The summed E-state index contributed by atoms with van der Waals surface area (Å²) in [7, 11) is 1.62. The summed E-state index contributed by atoms with van der Waals surface area (Å²) < 4.78 is 11.8. The molecular weight excluding hydrogens is 370 g/mol. The maximum absolute atomic E-state index is 12.3. The number of nitrogens with one attached hydrogen (secondary N) is 1. The van der Waals surface area contributed by atoms with Gasteiger partial charge < -0.3 is 14.8 Å². The van der Waals surface area contributed by atoms with Gasteiger partial charge in [0, 0.05) is 18.3 Å². The summed E-state index contributed by atoms with van der Waals surface area (Å²) in [6.07, 6.45) is 2.63. The number of hydrogen-bond donors (Lipinski definition) is 1. The van der Waals surface area contributed by atoms with Gasteiger partial charge in [-0.3, -0.25) is 4.79 Å². The monoisotopic (exact) mass is 393 g/mol. The first-order valence-corrected chi connectivity index (χ1v) is 9.35. The van der Waals surface area contributed by atoms with E-state index < -0.39 is 5.97 Å². The molecule has 1 heterocycles. The molecule has 7 heteroatoms. The number of methoxy groups -OCH3 is 1. The molecule has 1 N–H and O–H groups in total. The summed E-state index contributed by atoms with van der Waals surface area (Å²) >= 11 is 0. The molecule has 1 amide bonds. The maximum atomic E-state index is 12.3. The largest absolute Gasteiger partial charge is 0.496 e. The van der Waals surface area contributed by atoms with E-state index in [-0.39, 0.29) is 11.6 Å². The molecule has 3 rings (SSSR count). The van der Waals surface area contributed by atoms with Gasteiger partial charge in [0.2, 0.25) is 5.91 Å². The van der Waals surface area contributed by atoms with E-state index in [1.54, 1.807) is 43.1 Å². The lowest BCUT2D eigenvalue weighted by molar-refractivity contribution is -0.116. The first-order valence-electron chi connectivity index (χ1n) is 9.35. The van der Waals surface area contributed by atoms with Crippen molar-refractivity contribution in [1.82, 2.24) is 9.78 Å². The van der Waals surface area contributed by atoms with Crippen LogP contribution in [-0.2, 0) is 16.0 Å². The fourth-order valence-corrected chi connectivity index (χ4v) is 2.86. The smallest absolute Gasteiger partial charge is 0.358 e. The fraction of sp³-hybridized carbons (Fsp3) is 0.227. The Morgan fingerprint density at radius 2 is 1.83 bits per heavy atom. The normalized spacial score (nSPS) is 10.4. The van der Waals surface area contributed by atoms with Crippen LogP contribution in [-0.4, -0.2) is 35.4 Å². The average molecular weight is 393 g/mol. The number of carbonyl (C=O) groups excluding carboxylic acids is 2. The molecule has 1 aromatic heterocycles. The first-order chi connectivity index (χ1) is 14.1. The Kier molecular flexibility index (Phi) is 6.63. The highest BCUT2D eigenvalue weighted by molar-refractivity contribution is 5.91. The van der Waals surface area contributed by atoms with E-state index >= 15 is 0 Å². The third kappa shape index (κ3) is 5.22. The topological polar surface area (TPSA) is 82.5 Å². The molecule has 0 bridgehead atoms. The summed E-state index contributed by atoms with van der Waals surface area (Å²) in [6, 6.07) is 16.5. The van der Waals surface area contributed by atoms with Gasteiger partial charge in [0.15, 0.2) is 5.69 Å². The van der Waals surface area contributed by atoms with Gasteiger partial charge in [0.25, 0.3) is 0 Å². The Labute approximate surface area is 169 Å². The van der Waals surface area contributed by atoms with Crippen LogP contribution < -0.4 is 10.1 Å². The third-order valence-electron chi connectivity index (χ3n) is 4.30. The van der Waals surface area contributed by atoms with Crippen LogP contribution in [0.5, 0.6) is 5.75 Å². The average Bonchev–Trinajstić information content (AvgIpc) is 3.23.